The molecule has 120 valence electrons. The van der Waals surface area contributed by atoms with Crippen molar-refractivity contribution in [3.63, 3.8) is 0 Å². The minimum Gasteiger partial charge on any atom is -0.396 e. The monoisotopic (exact) mass is 303 g/mol. The van der Waals surface area contributed by atoms with E-state index in [1.54, 1.807) is 0 Å². The highest BCUT2D eigenvalue weighted by molar-refractivity contribution is 5.74. The Hall–Kier alpha value is -2.01. The summed E-state index contributed by atoms with van der Waals surface area (Å²) >= 11 is 0. The van der Waals surface area contributed by atoms with Crippen LogP contribution in [-0.2, 0) is 6.54 Å². The second-order valence-corrected chi connectivity index (χ2v) is 6.00. The fourth-order valence-corrected chi connectivity index (χ4v) is 2.57. The number of aliphatic hydroxyl groups excluding tert-OH is 1. The average molecular weight is 303 g/mol. The third-order valence-corrected chi connectivity index (χ3v) is 4.01. The SMILES string of the molecule is Cc1cc(N(C)C)ccc1CNC(=O)N[C@@H]1C=C[C@H](CO)C1. The first-order valence-electron chi connectivity index (χ1n) is 7.60. The summed E-state index contributed by atoms with van der Waals surface area (Å²) in [6, 6.07) is 6.04. The fraction of sp³-hybridized carbons (Fsp3) is 0.471. The lowest BCUT2D eigenvalue weighted by Crippen LogP contribution is -2.40. The van der Waals surface area contributed by atoms with E-state index in [0.29, 0.717) is 6.54 Å². The van der Waals surface area contributed by atoms with Crippen LogP contribution in [-0.4, -0.2) is 37.9 Å². The van der Waals surface area contributed by atoms with Gasteiger partial charge >= 0.3 is 6.03 Å². The largest absolute Gasteiger partial charge is 0.396 e. The number of urea groups is 1. The molecule has 0 aliphatic heterocycles. The molecule has 1 aromatic carbocycles. The number of rotatable bonds is 5. The molecule has 0 spiro atoms. The molecule has 2 amide bonds. The third kappa shape index (κ3) is 4.24. The third-order valence-electron chi connectivity index (χ3n) is 4.01. The second-order valence-electron chi connectivity index (χ2n) is 6.00. The maximum atomic E-state index is 11.9. The van der Waals surface area contributed by atoms with Gasteiger partial charge < -0.3 is 20.6 Å². The summed E-state index contributed by atoms with van der Waals surface area (Å²) in [7, 11) is 4.02. The molecule has 22 heavy (non-hydrogen) atoms. The van der Waals surface area contributed by atoms with Crippen LogP contribution in [0.1, 0.15) is 17.5 Å². The van der Waals surface area contributed by atoms with Gasteiger partial charge in [-0.25, -0.2) is 4.79 Å². The second kappa shape index (κ2) is 7.31. The summed E-state index contributed by atoms with van der Waals surface area (Å²) in [5.74, 6) is 0.158. The van der Waals surface area contributed by atoms with E-state index in [2.05, 4.69) is 21.6 Å². The van der Waals surface area contributed by atoms with E-state index in [0.717, 1.165) is 23.2 Å². The average Bonchev–Trinajstić information content (AvgIpc) is 2.93. The number of hydrogen-bond acceptors (Lipinski definition) is 3. The Morgan fingerprint density at radius 2 is 2.14 bits per heavy atom. The molecule has 5 nitrogen and oxygen atoms in total. The molecule has 0 saturated heterocycles. The van der Waals surface area contributed by atoms with Gasteiger partial charge in [-0.05, 0) is 36.6 Å². The minimum absolute atomic E-state index is 0.00867. The zero-order valence-corrected chi connectivity index (χ0v) is 13.5. The van der Waals surface area contributed by atoms with Gasteiger partial charge in [0.2, 0.25) is 0 Å². The van der Waals surface area contributed by atoms with Crippen molar-refractivity contribution >= 4 is 11.7 Å². The number of benzene rings is 1. The smallest absolute Gasteiger partial charge is 0.315 e. The molecule has 0 aromatic heterocycles. The molecule has 0 unspecified atom stereocenters. The van der Waals surface area contributed by atoms with Gasteiger partial charge in [0, 0.05) is 44.9 Å². The van der Waals surface area contributed by atoms with Gasteiger partial charge in [0.15, 0.2) is 0 Å². The number of nitrogens with one attached hydrogen (secondary N) is 2. The van der Waals surface area contributed by atoms with Crippen molar-refractivity contribution in [2.24, 2.45) is 5.92 Å². The van der Waals surface area contributed by atoms with E-state index in [4.69, 9.17) is 5.11 Å². The molecule has 0 bridgehead atoms. The molecule has 0 saturated carbocycles. The van der Waals surface area contributed by atoms with E-state index in [1.165, 1.54) is 0 Å². The number of anilines is 1. The van der Waals surface area contributed by atoms with Gasteiger partial charge in [-0.15, -0.1) is 0 Å². The van der Waals surface area contributed by atoms with Gasteiger partial charge in [0.05, 0.1) is 0 Å². The van der Waals surface area contributed by atoms with Crippen LogP contribution in [0.5, 0.6) is 0 Å². The van der Waals surface area contributed by atoms with Crippen LogP contribution in [0.15, 0.2) is 30.4 Å². The lowest BCUT2D eigenvalue weighted by molar-refractivity contribution is 0.231. The highest BCUT2D eigenvalue weighted by Gasteiger charge is 2.19. The van der Waals surface area contributed by atoms with E-state index < -0.39 is 0 Å². The number of carbonyl (C=O) groups excluding carboxylic acids is 1. The molecule has 1 aliphatic carbocycles. The molecule has 1 aromatic rings. The van der Waals surface area contributed by atoms with Gasteiger partial charge in [0.25, 0.3) is 0 Å². The zero-order chi connectivity index (χ0) is 16.1. The molecular formula is C17H25N3O2. The standard InChI is InChI=1S/C17H25N3O2/c1-12-8-16(20(2)3)7-5-14(12)10-18-17(22)19-15-6-4-13(9-15)11-21/h4-8,13,15,21H,9-11H2,1-3H3,(H2,18,19,22)/t13-,15+/m0/s1. The van der Waals surface area contributed by atoms with Crippen LogP contribution >= 0.6 is 0 Å². The van der Waals surface area contributed by atoms with E-state index in [-0.39, 0.29) is 24.6 Å². The van der Waals surface area contributed by atoms with Crippen LogP contribution in [0, 0.1) is 12.8 Å². The quantitative estimate of drug-likeness (QED) is 0.727. The van der Waals surface area contributed by atoms with Gasteiger partial charge in [-0.3, -0.25) is 0 Å². The summed E-state index contributed by atoms with van der Waals surface area (Å²) in [6.07, 6.45) is 4.66. The number of aliphatic hydroxyl groups is 1. The summed E-state index contributed by atoms with van der Waals surface area (Å²) in [6.45, 7) is 2.69. The first-order valence-corrected chi connectivity index (χ1v) is 7.60. The summed E-state index contributed by atoms with van der Waals surface area (Å²) in [5, 5.41) is 14.9. The molecule has 0 heterocycles. The number of amides is 2. The first kappa shape index (κ1) is 16.4. The van der Waals surface area contributed by atoms with Crippen LogP contribution in [0.3, 0.4) is 0 Å². The number of hydrogen-bond donors (Lipinski definition) is 3. The van der Waals surface area contributed by atoms with Gasteiger partial charge in [0.1, 0.15) is 0 Å². The number of carbonyl (C=O) groups is 1. The number of aryl methyl sites for hydroxylation is 1. The maximum Gasteiger partial charge on any atom is 0.315 e. The van der Waals surface area contributed by atoms with Crippen molar-refractivity contribution in [3.8, 4) is 0 Å². The van der Waals surface area contributed by atoms with Crippen molar-refractivity contribution in [3.05, 3.63) is 41.5 Å². The molecular weight excluding hydrogens is 278 g/mol. The van der Waals surface area contributed by atoms with Crippen LogP contribution in [0.4, 0.5) is 10.5 Å². The van der Waals surface area contributed by atoms with Crippen molar-refractivity contribution in [1.29, 1.82) is 0 Å². The Kier molecular flexibility index (Phi) is 5.44. The zero-order valence-electron chi connectivity index (χ0n) is 13.5. The molecule has 0 radical (unpaired) electrons. The van der Waals surface area contributed by atoms with Crippen molar-refractivity contribution < 1.29 is 9.90 Å². The highest BCUT2D eigenvalue weighted by Crippen LogP contribution is 2.18. The molecule has 5 heteroatoms. The van der Waals surface area contributed by atoms with Crippen LogP contribution in [0.2, 0.25) is 0 Å². The molecule has 1 aliphatic rings. The van der Waals surface area contributed by atoms with Crippen LogP contribution in [0.25, 0.3) is 0 Å². The van der Waals surface area contributed by atoms with Crippen molar-refractivity contribution in [2.75, 3.05) is 25.6 Å². The highest BCUT2D eigenvalue weighted by atomic mass is 16.3. The van der Waals surface area contributed by atoms with E-state index >= 15 is 0 Å². The molecule has 0 fully saturated rings. The molecule has 3 N–H and O–H groups in total. The fourth-order valence-electron chi connectivity index (χ4n) is 2.57. The topological polar surface area (TPSA) is 64.6 Å². The van der Waals surface area contributed by atoms with Crippen molar-refractivity contribution in [2.45, 2.75) is 25.9 Å². The van der Waals surface area contributed by atoms with Gasteiger partial charge in [-0.1, -0.05) is 18.2 Å². The van der Waals surface area contributed by atoms with E-state index in [9.17, 15) is 4.79 Å². The molecule has 2 rings (SSSR count). The molecule has 2 atom stereocenters. The predicted octanol–water partition coefficient (Wildman–Crippen LogP) is 1.80. The Morgan fingerprint density at radius 3 is 2.73 bits per heavy atom. The lowest BCUT2D eigenvalue weighted by atomic mass is 10.1. The minimum atomic E-state index is -0.177. The maximum absolute atomic E-state index is 11.9. The summed E-state index contributed by atoms with van der Waals surface area (Å²) in [4.78, 5) is 14.0. The Morgan fingerprint density at radius 1 is 1.36 bits per heavy atom. The Labute approximate surface area is 132 Å². The van der Waals surface area contributed by atoms with Crippen molar-refractivity contribution in [1.82, 2.24) is 10.6 Å². The Bertz CT molecular complexity index is 555. The number of nitrogens with zero attached hydrogens (tertiary/aromatic N) is 1. The predicted molar refractivity (Wildman–Crippen MR) is 89.0 cm³/mol. The summed E-state index contributed by atoms with van der Waals surface area (Å²) in [5.41, 5.74) is 3.42. The Balaban J connectivity index is 1.83. The lowest BCUT2D eigenvalue weighted by Gasteiger charge is -2.16. The first-order chi connectivity index (χ1) is 10.5. The van der Waals surface area contributed by atoms with Gasteiger partial charge in [-0.2, -0.15) is 0 Å². The van der Waals surface area contributed by atoms with E-state index in [1.807, 2.05) is 45.3 Å². The van der Waals surface area contributed by atoms with Crippen LogP contribution < -0.4 is 15.5 Å². The summed E-state index contributed by atoms with van der Waals surface area (Å²) < 4.78 is 0. The normalized spacial score (nSPS) is 20.0.